The molecule has 2 heterocycles. The molecule has 124 valence electrons. The van der Waals surface area contributed by atoms with Crippen LogP contribution in [0.4, 0.5) is 5.69 Å². The van der Waals surface area contributed by atoms with Crippen LogP contribution in [0.15, 0.2) is 52.5 Å². The Labute approximate surface area is 144 Å². The van der Waals surface area contributed by atoms with E-state index in [4.69, 9.17) is 4.42 Å². The number of carbonyl (C=O) groups excluding carboxylic acids is 1. The molecule has 0 saturated heterocycles. The van der Waals surface area contributed by atoms with Gasteiger partial charge < -0.3 is 14.3 Å². The number of rotatable bonds is 6. The van der Waals surface area contributed by atoms with Crippen molar-refractivity contribution in [1.82, 2.24) is 14.8 Å². The van der Waals surface area contributed by atoms with Gasteiger partial charge >= 0.3 is 0 Å². The molecule has 1 aromatic carbocycles. The van der Waals surface area contributed by atoms with Crippen LogP contribution >= 0.6 is 11.8 Å². The number of anilines is 1. The third-order valence-corrected chi connectivity index (χ3v) is 4.59. The molecule has 0 radical (unpaired) electrons. The zero-order valence-electron chi connectivity index (χ0n) is 13.5. The van der Waals surface area contributed by atoms with Crippen molar-refractivity contribution in [3.8, 4) is 0 Å². The molecule has 0 fully saturated rings. The van der Waals surface area contributed by atoms with Gasteiger partial charge in [-0.25, -0.2) is 0 Å². The molecule has 2 aromatic heterocycles. The van der Waals surface area contributed by atoms with Crippen molar-refractivity contribution in [3.63, 3.8) is 0 Å². The summed E-state index contributed by atoms with van der Waals surface area (Å²) in [6, 6.07) is 9.60. The van der Waals surface area contributed by atoms with Crippen LogP contribution in [0, 0.1) is 13.8 Å². The number of furan rings is 1. The third-order valence-electron chi connectivity index (χ3n) is 3.61. The number of hydrogen-bond donors (Lipinski definition) is 1. The monoisotopic (exact) mass is 342 g/mol. The maximum absolute atomic E-state index is 12.1. The van der Waals surface area contributed by atoms with Crippen molar-refractivity contribution >= 4 is 23.4 Å². The molecule has 0 aliphatic carbocycles. The van der Waals surface area contributed by atoms with Gasteiger partial charge in [0.25, 0.3) is 0 Å². The Morgan fingerprint density at radius 2 is 2.17 bits per heavy atom. The van der Waals surface area contributed by atoms with E-state index < -0.39 is 0 Å². The Bertz CT molecular complexity index is 827. The van der Waals surface area contributed by atoms with Crippen LogP contribution in [0.1, 0.15) is 16.9 Å². The van der Waals surface area contributed by atoms with Gasteiger partial charge in [0.15, 0.2) is 5.16 Å². The molecule has 1 N–H and O–H groups in total. The largest absolute Gasteiger partial charge is 0.467 e. The fourth-order valence-electron chi connectivity index (χ4n) is 2.18. The van der Waals surface area contributed by atoms with E-state index in [9.17, 15) is 4.79 Å². The lowest BCUT2D eigenvalue weighted by atomic mass is 10.1. The van der Waals surface area contributed by atoms with Crippen LogP contribution in [0.5, 0.6) is 0 Å². The highest BCUT2D eigenvalue weighted by Gasteiger charge is 2.10. The Hall–Kier alpha value is -2.54. The van der Waals surface area contributed by atoms with Crippen molar-refractivity contribution in [2.24, 2.45) is 0 Å². The van der Waals surface area contributed by atoms with Gasteiger partial charge in [0.05, 0.1) is 18.6 Å². The van der Waals surface area contributed by atoms with Gasteiger partial charge in [0.1, 0.15) is 12.1 Å². The first-order valence-electron chi connectivity index (χ1n) is 7.52. The van der Waals surface area contributed by atoms with E-state index in [0.717, 1.165) is 17.0 Å². The number of aromatic nitrogens is 3. The normalized spacial score (nSPS) is 10.8. The molecule has 6 nitrogen and oxygen atoms in total. The lowest BCUT2D eigenvalue weighted by molar-refractivity contribution is -0.113. The van der Waals surface area contributed by atoms with E-state index >= 15 is 0 Å². The van der Waals surface area contributed by atoms with Crippen molar-refractivity contribution in [2.45, 2.75) is 25.5 Å². The van der Waals surface area contributed by atoms with E-state index in [-0.39, 0.29) is 11.7 Å². The van der Waals surface area contributed by atoms with E-state index in [1.807, 2.05) is 48.7 Å². The van der Waals surface area contributed by atoms with Gasteiger partial charge in [0.2, 0.25) is 5.91 Å². The maximum atomic E-state index is 12.1. The first-order valence-corrected chi connectivity index (χ1v) is 8.50. The van der Waals surface area contributed by atoms with Crippen LogP contribution < -0.4 is 5.32 Å². The van der Waals surface area contributed by atoms with Crippen molar-refractivity contribution < 1.29 is 9.21 Å². The molecule has 0 unspecified atom stereocenters. The van der Waals surface area contributed by atoms with Gasteiger partial charge in [-0.3, -0.25) is 4.79 Å². The molecule has 3 aromatic rings. The van der Waals surface area contributed by atoms with Crippen molar-refractivity contribution in [2.75, 3.05) is 11.1 Å². The number of nitrogens with one attached hydrogen (secondary N) is 1. The van der Waals surface area contributed by atoms with Crippen LogP contribution in [0.3, 0.4) is 0 Å². The van der Waals surface area contributed by atoms with Crippen LogP contribution in [-0.2, 0) is 11.3 Å². The zero-order valence-corrected chi connectivity index (χ0v) is 14.3. The summed E-state index contributed by atoms with van der Waals surface area (Å²) in [5.74, 6) is 1.01. The van der Waals surface area contributed by atoms with E-state index in [1.165, 1.54) is 17.3 Å². The fraction of sp³-hybridized carbons (Fsp3) is 0.235. The summed E-state index contributed by atoms with van der Waals surface area (Å²) in [5, 5.41) is 11.5. The number of hydrogen-bond acceptors (Lipinski definition) is 5. The number of carbonyl (C=O) groups is 1. The minimum atomic E-state index is -0.0733. The predicted octanol–water partition coefficient (Wildman–Crippen LogP) is 3.27. The molecule has 1 amide bonds. The number of nitrogens with zero attached hydrogens (tertiary/aromatic N) is 3. The third kappa shape index (κ3) is 4.05. The van der Waals surface area contributed by atoms with E-state index in [0.29, 0.717) is 11.7 Å². The van der Waals surface area contributed by atoms with Gasteiger partial charge in [-0.15, -0.1) is 10.2 Å². The summed E-state index contributed by atoms with van der Waals surface area (Å²) in [7, 11) is 0. The fourth-order valence-corrected chi connectivity index (χ4v) is 2.90. The summed E-state index contributed by atoms with van der Waals surface area (Å²) in [5.41, 5.74) is 3.16. The zero-order chi connectivity index (χ0) is 16.9. The molecule has 0 aliphatic heterocycles. The number of thioether (sulfide) groups is 1. The molecule has 3 rings (SSSR count). The first-order chi connectivity index (χ1) is 11.6. The Balaban J connectivity index is 1.56. The summed E-state index contributed by atoms with van der Waals surface area (Å²) in [6.07, 6.45) is 3.26. The highest BCUT2D eigenvalue weighted by Crippen LogP contribution is 2.18. The summed E-state index contributed by atoms with van der Waals surface area (Å²) in [6.45, 7) is 4.61. The highest BCUT2D eigenvalue weighted by molar-refractivity contribution is 7.99. The second kappa shape index (κ2) is 7.35. The van der Waals surface area contributed by atoms with E-state index in [1.54, 1.807) is 12.6 Å². The maximum Gasteiger partial charge on any atom is 0.234 e. The molecule has 0 aliphatic rings. The van der Waals surface area contributed by atoms with Gasteiger partial charge in [-0.1, -0.05) is 17.8 Å². The summed E-state index contributed by atoms with van der Waals surface area (Å²) >= 11 is 1.35. The molecule has 0 saturated carbocycles. The Morgan fingerprint density at radius 3 is 2.92 bits per heavy atom. The smallest absolute Gasteiger partial charge is 0.234 e. The minimum absolute atomic E-state index is 0.0733. The lowest BCUT2D eigenvalue weighted by Crippen LogP contribution is -2.14. The van der Waals surface area contributed by atoms with Crippen LogP contribution in [-0.4, -0.2) is 26.4 Å². The van der Waals surface area contributed by atoms with Crippen molar-refractivity contribution in [3.05, 3.63) is 59.8 Å². The van der Waals surface area contributed by atoms with Gasteiger partial charge in [-0.05, 0) is 49.2 Å². The van der Waals surface area contributed by atoms with E-state index in [2.05, 4.69) is 15.5 Å². The van der Waals surface area contributed by atoms with Gasteiger partial charge in [-0.2, -0.15) is 0 Å². The molecular weight excluding hydrogens is 324 g/mol. The molecule has 24 heavy (non-hydrogen) atoms. The second-order valence-electron chi connectivity index (χ2n) is 5.46. The quantitative estimate of drug-likeness (QED) is 0.696. The molecule has 0 bridgehead atoms. The molecule has 7 heteroatoms. The van der Waals surface area contributed by atoms with Crippen molar-refractivity contribution in [1.29, 1.82) is 0 Å². The average Bonchev–Trinajstić information content (AvgIpc) is 3.21. The predicted molar refractivity (Wildman–Crippen MR) is 93.1 cm³/mol. The highest BCUT2D eigenvalue weighted by atomic mass is 32.2. The summed E-state index contributed by atoms with van der Waals surface area (Å²) in [4.78, 5) is 12.1. The summed E-state index contributed by atoms with van der Waals surface area (Å²) < 4.78 is 7.18. The van der Waals surface area contributed by atoms with Crippen LogP contribution in [0.25, 0.3) is 0 Å². The number of amides is 1. The standard InChI is InChI=1S/C17H18N4O2S/c1-12-5-6-14(8-13(12)2)19-16(22)10-24-17-20-18-11-21(17)9-15-4-3-7-23-15/h3-8,11H,9-10H2,1-2H3,(H,19,22). The average molecular weight is 342 g/mol. The SMILES string of the molecule is Cc1ccc(NC(=O)CSc2nncn2Cc2ccco2)cc1C. The molecular formula is C17H18N4O2S. The second-order valence-corrected chi connectivity index (χ2v) is 6.40. The molecule has 0 spiro atoms. The lowest BCUT2D eigenvalue weighted by Gasteiger charge is -2.08. The first kappa shape index (κ1) is 16.3. The van der Waals surface area contributed by atoms with Gasteiger partial charge in [0, 0.05) is 5.69 Å². The van der Waals surface area contributed by atoms with Crippen LogP contribution in [0.2, 0.25) is 0 Å². The number of benzene rings is 1. The minimum Gasteiger partial charge on any atom is -0.467 e. The Morgan fingerprint density at radius 1 is 1.29 bits per heavy atom. The number of aryl methyl sites for hydroxylation is 2. The molecule has 0 atom stereocenters. The topological polar surface area (TPSA) is 73.0 Å². The Kier molecular flexibility index (Phi) is 5.00.